The molecule has 1 amide bonds. The molecule has 11 heteroatoms. The van der Waals surface area contributed by atoms with E-state index in [1.165, 1.54) is 0 Å². The van der Waals surface area contributed by atoms with Crippen LogP contribution in [0, 0.1) is 0 Å². The number of nitrogens with one attached hydrogen (secondary N) is 1. The number of carbonyl (C=O) groups is 1. The molecule has 1 aromatic carbocycles. The number of primary amides is 1. The summed E-state index contributed by atoms with van der Waals surface area (Å²) in [5, 5.41) is 3.91. The third-order valence-corrected chi connectivity index (χ3v) is 6.56. The Kier molecular flexibility index (Phi) is 9.40. The number of aromatic nitrogens is 2. The predicted molar refractivity (Wildman–Crippen MR) is 117 cm³/mol. The van der Waals surface area contributed by atoms with Crippen LogP contribution in [0.1, 0.15) is 50.0 Å². The summed E-state index contributed by atoms with van der Waals surface area (Å²) in [4.78, 5) is 17.9. The number of halogens is 1. The van der Waals surface area contributed by atoms with Gasteiger partial charge in [0.25, 0.3) is 0 Å². The molecule has 0 radical (unpaired) electrons. The maximum atomic E-state index is 12.5. The van der Waals surface area contributed by atoms with Crippen molar-refractivity contribution in [2.75, 3.05) is 25.4 Å². The van der Waals surface area contributed by atoms with Crippen molar-refractivity contribution in [2.24, 2.45) is 5.73 Å². The molecule has 1 unspecified atom stereocenters. The molecular formula is C19H28BrN5O4S. The molecule has 0 saturated carbocycles. The fourth-order valence-electron chi connectivity index (χ4n) is 2.94. The summed E-state index contributed by atoms with van der Waals surface area (Å²) in [6, 6.07) is 6.64. The van der Waals surface area contributed by atoms with E-state index >= 15 is 0 Å². The number of benzene rings is 1. The van der Waals surface area contributed by atoms with Gasteiger partial charge in [-0.1, -0.05) is 47.1 Å². The molecule has 0 fully saturated rings. The molecule has 30 heavy (non-hydrogen) atoms. The third-order valence-electron chi connectivity index (χ3n) is 4.57. The zero-order chi connectivity index (χ0) is 22.1. The molecular weight excluding hydrogens is 474 g/mol. The molecule has 0 aliphatic rings. The number of rotatable bonds is 13. The number of nitrogens with zero attached hydrogens (tertiary/aromatic N) is 3. The summed E-state index contributed by atoms with van der Waals surface area (Å²) in [6.45, 7) is 6.45. The number of nitrogens with two attached hydrogens (primary N) is 1. The Morgan fingerprint density at radius 3 is 2.53 bits per heavy atom. The minimum atomic E-state index is -3.66. The molecule has 0 bridgehead atoms. The molecule has 3 N–H and O–H groups in total. The maximum absolute atomic E-state index is 12.5. The first-order valence-corrected chi connectivity index (χ1v) is 12.2. The molecule has 2 rings (SSSR count). The first-order chi connectivity index (χ1) is 14.2. The van der Waals surface area contributed by atoms with Crippen LogP contribution in [0.4, 0.5) is 0 Å². The van der Waals surface area contributed by atoms with Crippen LogP contribution in [0.15, 0.2) is 33.3 Å². The summed E-state index contributed by atoms with van der Waals surface area (Å²) >= 11 is 3.38. The maximum Gasteiger partial charge on any atom is 0.245 e. The summed E-state index contributed by atoms with van der Waals surface area (Å²) in [5.74, 6) is -0.326. The molecule has 1 atom stereocenters. The fourth-order valence-corrected chi connectivity index (χ4v) is 4.45. The van der Waals surface area contributed by atoms with Gasteiger partial charge in [0.05, 0.1) is 12.2 Å². The molecule has 0 aliphatic heterocycles. The van der Waals surface area contributed by atoms with E-state index < -0.39 is 22.0 Å². The van der Waals surface area contributed by atoms with Gasteiger partial charge in [0.15, 0.2) is 5.82 Å². The quantitative estimate of drug-likeness (QED) is 0.428. The van der Waals surface area contributed by atoms with Gasteiger partial charge in [-0.25, -0.2) is 13.1 Å². The topological polar surface area (TPSA) is 131 Å². The molecule has 1 heterocycles. The van der Waals surface area contributed by atoms with Crippen LogP contribution in [-0.4, -0.2) is 54.8 Å². The first kappa shape index (κ1) is 24.4. The number of amides is 1. The van der Waals surface area contributed by atoms with E-state index in [2.05, 4.69) is 35.7 Å². The minimum absolute atomic E-state index is 0.0215. The van der Waals surface area contributed by atoms with E-state index in [4.69, 9.17) is 10.3 Å². The molecule has 0 aliphatic carbocycles. The number of hydrogen-bond donors (Lipinski definition) is 2. The van der Waals surface area contributed by atoms with Gasteiger partial charge in [-0.05, 0) is 43.8 Å². The van der Waals surface area contributed by atoms with Gasteiger partial charge in [0.2, 0.25) is 21.8 Å². The molecule has 0 spiro atoms. The number of carbonyl (C=O) groups excluding carboxylic acids is 1. The molecule has 2 aromatic rings. The van der Waals surface area contributed by atoms with Crippen molar-refractivity contribution >= 4 is 31.9 Å². The zero-order valence-corrected chi connectivity index (χ0v) is 19.6. The Morgan fingerprint density at radius 2 is 1.93 bits per heavy atom. The smallest absolute Gasteiger partial charge is 0.245 e. The van der Waals surface area contributed by atoms with E-state index in [-0.39, 0.29) is 18.1 Å². The van der Waals surface area contributed by atoms with Crippen LogP contribution in [0.3, 0.4) is 0 Å². The highest BCUT2D eigenvalue weighted by molar-refractivity contribution is 9.10. The highest BCUT2D eigenvalue weighted by Crippen LogP contribution is 2.18. The van der Waals surface area contributed by atoms with Crippen LogP contribution in [-0.2, 0) is 21.2 Å². The van der Waals surface area contributed by atoms with Crippen LogP contribution >= 0.6 is 15.9 Å². The van der Waals surface area contributed by atoms with Crippen molar-refractivity contribution in [3.8, 4) is 0 Å². The number of sulfonamides is 1. The Hall–Kier alpha value is -1.82. The fraction of sp³-hybridized carbons (Fsp3) is 0.526. The average molecular weight is 502 g/mol. The van der Waals surface area contributed by atoms with Crippen molar-refractivity contribution in [1.29, 1.82) is 0 Å². The second-order valence-corrected chi connectivity index (χ2v) is 9.68. The Bertz CT molecular complexity index is 913. The molecule has 166 valence electrons. The summed E-state index contributed by atoms with van der Waals surface area (Å²) < 4.78 is 33.7. The largest absolute Gasteiger partial charge is 0.370 e. The van der Waals surface area contributed by atoms with Crippen molar-refractivity contribution in [1.82, 2.24) is 19.8 Å². The van der Waals surface area contributed by atoms with Gasteiger partial charge in [-0.15, -0.1) is 0 Å². The van der Waals surface area contributed by atoms with Crippen molar-refractivity contribution in [2.45, 2.75) is 39.2 Å². The van der Waals surface area contributed by atoms with Gasteiger partial charge >= 0.3 is 0 Å². The van der Waals surface area contributed by atoms with Gasteiger partial charge in [-0.2, -0.15) is 4.98 Å². The van der Waals surface area contributed by atoms with Crippen molar-refractivity contribution in [3.63, 3.8) is 0 Å². The Labute approximate surface area is 185 Å². The SMILES string of the molecule is CCN(CC)CCCS(=O)(=O)NC(CC(N)=O)c1nc(Cc2ccc(Br)cc2)no1. The lowest BCUT2D eigenvalue weighted by Crippen LogP contribution is -2.35. The highest BCUT2D eigenvalue weighted by atomic mass is 79.9. The van der Waals surface area contributed by atoms with Crippen LogP contribution in [0.5, 0.6) is 0 Å². The summed E-state index contributed by atoms with van der Waals surface area (Å²) in [6.07, 6.45) is 0.616. The minimum Gasteiger partial charge on any atom is -0.370 e. The number of hydrogen-bond acceptors (Lipinski definition) is 7. The second kappa shape index (κ2) is 11.5. The summed E-state index contributed by atoms with van der Waals surface area (Å²) in [7, 11) is -3.66. The van der Waals surface area contributed by atoms with Crippen LogP contribution in [0.25, 0.3) is 0 Å². The van der Waals surface area contributed by atoms with E-state index in [0.717, 1.165) is 23.1 Å². The van der Waals surface area contributed by atoms with E-state index in [1.807, 2.05) is 38.1 Å². The average Bonchev–Trinajstić information content (AvgIpc) is 3.14. The standard InChI is InChI=1S/C19H28BrN5O4S/c1-3-25(4-2)10-5-11-30(27,28)24-16(13-17(21)26)19-22-18(23-29-19)12-14-6-8-15(20)9-7-14/h6-9,16,24H,3-5,10-13H2,1-2H3,(H2,21,26). The highest BCUT2D eigenvalue weighted by Gasteiger charge is 2.26. The second-order valence-electron chi connectivity index (χ2n) is 6.89. The normalized spacial score (nSPS) is 12.9. The lowest BCUT2D eigenvalue weighted by Gasteiger charge is -2.18. The van der Waals surface area contributed by atoms with E-state index in [1.54, 1.807) is 0 Å². The molecule has 9 nitrogen and oxygen atoms in total. The first-order valence-electron chi connectivity index (χ1n) is 9.80. The van der Waals surface area contributed by atoms with Crippen molar-refractivity contribution < 1.29 is 17.7 Å². The van der Waals surface area contributed by atoms with Gasteiger partial charge in [0, 0.05) is 10.9 Å². The third kappa shape index (κ3) is 8.13. The van der Waals surface area contributed by atoms with E-state index in [9.17, 15) is 13.2 Å². The van der Waals surface area contributed by atoms with E-state index in [0.29, 0.717) is 25.2 Å². The van der Waals surface area contributed by atoms with Crippen molar-refractivity contribution in [3.05, 3.63) is 46.0 Å². The molecule has 1 aromatic heterocycles. The predicted octanol–water partition coefficient (Wildman–Crippen LogP) is 1.99. The lowest BCUT2D eigenvalue weighted by molar-refractivity contribution is -0.118. The molecule has 0 saturated heterocycles. The van der Waals surface area contributed by atoms with Gasteiger partial charge in [-0.3, -0.25) is 4.79 Å². The van der Waals surface area contributed by atoms with Crippen LogP contribution < -0.4 is 10.5 Å². The zero-order valence-electron chi connectivity index (χ0n) is 17.2. The Morgan fingerprint density at radius 1 is 1.27 bits per heavy atom. The van der Waals surface area contributed by atoms with Crippen LogP contribution in [0.2, 0.25) is 0 Å². The monoisotopic (exact) mass is 501 g/mol. The van der Waals surface area contributed by atoms with Gasteiger partial charge < -0.3 is 15.2 Å². The Balaban J connectivity index is 2.05. The van der Waals surface area contributed by atoms with Gasteiger partial charge in [0.1, 0.15) is 6.04 Å². The summed E-state index contributed by atoms with van der Waals surface area (Å²) in [5.41, 5.74) is 6.26. The lowest BCUT2D eigenvalue weighted by atomic mass is 10.1.